The summed E-state index contributed by atoms with van der Waals surface area (Å²) in [6.45, 7) is 1.45. The number of rotatable bonds is 2. The van der Waals surface area contributed by atoms with Gasteiger partial charge in [-0.1, -0.05) is 24.3 Å². The Balaban J connectivity index is 2.06. The summed E-state index contributed by atoms with van der Waals surface area (Å²) >= 11 is 0. The zero-order valence-corrected chi connectivity index (χ0v) is 12.4. The topological polar surface area (TPSA) is 80.5 Å². The fourth-order valence-corrected chi connectivity index (χ4v) is 2.94. The summed E-state index contributed by atoms with van der Waals surface area (Å²) in [6.07, 6.45) is 0.161. The maximum atomic E-state index is 12.4. The summed E-state index contributed by atoms with van der Waals surface area (Å²) < 4.78 is 0. The molecule has 6 nitrogen and oxygen atoms in total. The molecule has 1 aliphatic heterocycles. The second-order valence-electron chi connectivity index (χ2n) is 5.40. The van der Waals surface area contributed by atoms with E-state index in [0.29, 0.717) is 16.8 Å². The van der Waals surface area contributed by atoms with E-state index in [2.05, 4.69) is 0 Å². The largest absolute Gasteiger partial charge is 0.304 e. The number of hydrogen-bond acceptors (Lipinski definition) is 4. The van der Waals surface area contributed by atoms with E-state index in [1.54, 1.807) is 41.3 Å². The average molecular weight is 310 g/mol. The minimum absolute atomic E-state index is 0.0225. The van der Waals surface area contributed by atoms with Crippen molar-refractivity contribution in [2.75, 3.05) is 4.90 Å². The molecule has 1 atom stereocenters. The van der Waals surface area contributed by atoms with Gasteiger partial charge >= 0.3 is 0 Å². The fraction of sp³-hybridized carbons (Fsp3) is 0.176. The molecule has 0 aromatic heterocycles. The molecule has 0 saturated heterocycles. The number of anilines is 1. The number of nitro groups is 1. The van der Waals surface area contributed by atoms with Crippen molar-refractivity contribution in [3.05, 3.63) is 69.8 Å². The first kappa shape index (κ1) is 14.9. The Morgan fingerprint density at radius 3 is 2.43 bits per heavy atom. The number of hydrogen-bond donors (Lipinski definition) is 0. The number of carbonyl (C=O) groups excluding carboxylic acids is 2. The van der Waals surface area contributed by atoms with E-state index < -0.39 is 11.0 Å². The summed E-state index contributed by atoms with van der Waals surface area (Å²) in [6, 6.07) is 12.5. The minimum Gasteiger partial charge on any atom is -0.304 e. The summed E-state index contributed by atoms with van der Waals surface area (Å²) in [5, 5.41) is 10.8. The lowest BCUT2D eigenvalue weighted by Gasteiger charge is -2.36. The maximum absolute atomic E-state index is 12.4. The number of Topliss-reactive ketones (excluding diaryl/α,β-unsaturated/α-hetero) is 1. The molecule has 0 saturated carbocycles. The second-order valence-corrected chi connectivity index (χ2v) is 5.40. The standard InChI is InChI=1S/C17H14N2O4/c1-11(20)18-15-5-3-2-4-14(15)17(21)10-16(18)12-6-8-13(9-7-12)19(22)23/h2-9,16H,10H2,1H3. The third-order valence-corrected chi connectivity index (χ3v) is 3.98. The van der Waals surface area contributed by atoms with Gasteiger partial charge in [-0.3, -0.25) is 19.7 Å². The third kappa shape index (κ3) is 2.59. The number of amides is 1. The van der Waals surface area contributed by atoms with E-state index in [9.17, 15) is 19.7 Å². The van der Waals surface area contributed by atoms with Crippen LogP contribution in [0.4, 0.5) is 11.4 Å². The SMILES string of the molecule is CC(=O)N1c2ccccc2C(=O)CC1c1ccc([N+](=O)[O-])cc1. The summed E-state index contributed by atoms with van der Waals surface area (Å²) in [5.74, 6) is -0.213. The molecular formula is C17H14N2O4. The van der Waals surface area contributed by atoms with Crippen molar-refractivity contribution in [3.63, 3.8) is 0 Å². The molecule has 0 N–H and O–H groups in total. The van der Waals surface area contributed by atoms with Gasteiger partial charge in [-0.05, 0) is 17.7 Å². The number of carbonyl (C=O) groups is 2. The Labute approximate surface area is 132 Å². The van der Waals surface area contributed by atoms with Gasteiger partial charge in [0.2, 0.25) is 5.91 Å². The Morgan fingerprint density at radius 2 is 1.83 bits per heavy atom. The molecule has 3 rings (SSSR count). The molecule has 2 aromatic rings. The van der Waals surface area contributed by atoms with E-state index in [4.69, 9.17) is 0 Å². The van der Waals surface area contributed by atoms with Crippen LogP contribution < -0.4 is 4.90 Å². The molecule has 1 aliphatic rings. The first-order valence-corrected chi connectivity index (χ1v) is 7.15. The predicted molar refractivity (Wildman–Crippen MR) is 84.4 cm³/mol. The van der Waals surface area contributed by atoms with Crippen LogP contribution in [-0.2, 0) is 4.79 Å². The van der Waals surface area contributed by atoms with Crippen LogP contribution in [0.3, 0.4) is 0 Å². The maximum Gasteiger partial charge on any atom is 0.269 e. The van der Waals surface area contributed by atoms with Gasteiger partial charge < -0.3 is 4.90 Å². The Kier molecular flexibility index (Phi) is 3.65. The molecule has 6 heteroatoms. The van der Waals surface area contributed by atoms with Crippen molar-refractivity contribution in [2.45, 2.75) is 19.4 Å². The lowest BCUT2D eigenvalue weighted by Crippen LogP contribution is -2.38. The van der Waals surface area contributed by atoms with E-state index in [1.807, 2.05) is 0 Å². The molecule has 23 heavy (non-hydrogen) atoms. The van der Waals surface area contributed by atoms with Crippen molar-refractivity contribution < 1.29 is 14.5 Å². The van der Waals surface area contributed by atoms with Crippen LogP contribution in [0.2, 0.25) is 0 Å². The van der Waals surface area contributed by atoms with Gasteiger partial charge in [-0.25, -0.2) is 0 Å². The smallest absolute Gasteiger partial charge is 0.269 e. The van der Waals surface area contributed by atoms with E-state index in [0.717, 1.165) is 0 Å². The van der Waals surface area contributed by atoms with Gasteiger partial charge in [-0.15, -0.1) is 0 Å². The zero-order valence-electron chi connectivity index (χ0n) is 12.4. The number of non-ortho nitro benzene ring substituents is 1. The lowest BCUT2D eigenvalue weighted by molar-refractivity contribution is -0.384. The normalized spacial score (nSPS) is 16.8. The van der Waals surface area contributed by atoms with E-state index >= 15 is 0 Å². The third-order valence-electron chi connectivity index (χ3n) is 3.98. The minimum atomic E-state index is -0.478. The quantitative estimate of drug-likeness (QED) is 0.629. The molecule has 0 fully saturated rings. The number of nitrogens with zero attached hydrogens (tertiary/aromatic N) is 2. The van der Waals surface area contributed by atoms with Gasteiger partial charge in [0.25, 0.3) is 5.69 Å². The molecule has 0 radical (unpaired) electrons. The molecule has 2 aromatic carbocycles. The Morgan fingerprint density at radius 1 is 1.17 bits per heavy atom. The first-order chi connectivity index (χ1) is 11.0. The van der Waals surface area contributed by atoms with Gasteiger partial charge in [-0.2, -0.15) is 0 Å². The highest BCUT2D eigenvalue weighted by atomic mass is 16.6. The summed E-state index contributed by atoms with van der Waals surface area (Å²) in [7, 11) is 0. The van der Waals surface area contributed by atoms with Crippen molar-refractivity contribution in [1.29, 1.82) is 0 Å². The predicted octanol–water partition coefficient (Wildman–Crippen LogP) is 3.28. The molecule has 1 heterocycles. The van der Waals surface area contributed by atoms with Gasteiger partial charge in [0, 0.05) is 31.0 Å². The van der Waals surface area contributed by atoms with Crippen molar-refractivity contribution in [3.8, 4) is 0 Å². The number of benzene rings is 2. The average Bonchev–Trinajstić information content (AvgIpc) is 2.54. The van der Waals surface area contributed by atoms with Crippen molar-refractivity contribution in [2.24, 2.45) is 0 Å². The molecule has 1 amide bonds. The summed E-state index contributed by atoms with van der Waals surface area (Å²) in [5.41, 5.74) is 1.79. The number of nitro benzene ring substituents is 1. The fourth-order valence-electron chi connectivity index (χ4n) is 2.94. The number of ketones is 1. The van der Waals surface area contributed by atoms with E-state index in [1.165, 1.54) is 19.1 Å². The van der Waals surface area contributed by atoms with Crippen LogP contribution in [0, 0.1) is 10.1 Å². The molecule has 0 aliphatic carbocycles. The molecule has 1 unspecified atom stereocenters. The lowest BCUT2D eigenvalue weighted by atomic mass is 9.90. The van der Waals surface area contributed by atoms with Crippen molar-refractivity contribution >= 4 is 23.1 Å². The number of fused-ring (bicyclic) bond motifs is 1. The van der Waals surface area contributed by atoms with Gasteiger partial charge in [0.05, 0.1) is 16.7 Å². The first-order valence-electron chi connectivity index (χ1n) is 7.15. The molecular weight excluding hydrogens is 296 g/mol. The molecule has 0 spiro atoms. The Hall–Kier alpha value is -3.02. The van der Waals surface area contributed by atoms with Crippen molar-refractivity contribution in [1.82, 2.24) is 0 Å². The van der Waals surface area contributed by atoms with Crippen LogP contribution in [0.5, 0.6) is 0 Å². The van der Waals surface area contributed by atoms with Crippen LogP contribution in [0.15, 0.2) is 48.5 Å². The summed E-state index contributed by atoms with van der Waals surface area (Å²) in [4.78, 5) is 36.4. The van der Waals surface area contributed by atoms with Gasteiger partial charge in [0.1, 0.15) is 0 Å². The zero-order chi connectivity index (χ0) is 16.6. The highest BCUT2D eigenvalue weighted by molar-refractivity contribution is 6.09. The van der Waals surface area contributed by atoms with Gasteiger partial charge in [0.15, 0.2) is 5.78 Å². The number of para-hydroxylation sites is 1. The monoisotopic (exact) mass is 310 g/mol. The van der Waals surface area contributed by atoms with Crippen LogP contribution in [0.25, 0.3) is 0 Å². The second kappa shape index (κ2) is 5.64. The highest BCUT2D eigenvalue weighted by Crippen LogP contribution is 2.38. The highest BCUT2D eigenvalue weighted by Gasteiger charge is 2.34. The van der Waals surface area contributed by atoms with Crippen LogP contribution in [-0.4, -0.2) is 16.6 Å². The molecule has 0 bridgehead atoms. The Bertz CT molecular complexity index is 798. The molecule has 116 valence electrons. The van der Waals surface area contributed by atoms with E-state index in [-0.39, 0.29) is 23.8 Å². The van der Waals surface area contributed by atoms with Crippen LogP contribution >= 0.6 is 0 Å². The van der Waals surface area contributed by atoms with Crippen LogP contribution in [0.1, 0.15) is 35.3 Å².